The number of carbonyl (C=O) groups is 2. The van der Waals surface area contributed by atoms with Gasteiger partial charge in [0.2, 0.25) is 0 Å². The summed E-state index contributed by atoms with van der Waals surface area (Å²) < 4.78 is 0. The number of carboxylic acid groups (broad SMARTS) is 1. The summed E-state index contributed by atoms with van der Waals surface area (Å²) in [4.78, 5) is 26.5. The van der Waals surface area contributed by atoms with E-state index in [1.54, 1.807) is 0 Å². The predicted molar refractivity (Wildman–Crippen MR) is 72.6 cm³/mol. The maximum atomic E-state index is 12.0. The number of thiazole rings is 1. The first-order valence-corrected chi connectivity index (χ1v) is 7.25. The molecule has 1 aromatic rings. The number of aromatic nitrogens is 1. The van der Waals surface area contributed by atoms with E-state index in [1.165, 1.54) is 11.8 Å². The predicted octanol–water partition coefficient (Wildman–Crippen LogP) is 2.54. The number of hydrogen-bond donors (Lipinski definition) is 2. The Morgan fingerprint density at radius 3 is 2.84 bits per heavy atom. The number of rotatable bonds is 3. The van der Waals surface area contributed by atoms with E-state index in [0.717, 1.165) is 30.6 Å². The highest BCUT2D eigenvalue weighted by atomic mass is 32.1. The fourth-order valence-electron chi connectivity index (χ4n) is 2.54. The quantitative estimate of drug-likeness (QED) is 0.893. The van der Waals surface area contributed by atoms with Crippen molar-refractivity contribution in [3.8, 4) is 0 Å². The lowest BCUT2D eigenvalue weighted by Crippen LogP contribution is -2.40. The van der Waals surface area contributed by atoms with Gasteiger partial charge in [0.25, 0.3) is 5.91 Å². The van der Waals surface area contributed by atoms with Gasteiger partial charge in [0.15, 0.2) is 10.7 Å². The summed E-state index contributed by atoms with van der Waals surface area (Å²) in [5.74, 6) is -1.37. The van der Waals surface area contributed by atoms with Crippen LogP contribution in [-0.4, -0.2) is 28.0 Å². The number of nitrogens with zero attached hydrogens (tertiary/aromatic N) is 1. The second-order valence-corrected chi connectivity index (χ2v) is 6.63. The zero-order valence-electron chi connectivity index (χ0n) is 11.1. The molecule has 0 bridgehead atoms. The lowest BCUT2D eigenvalue weighted by atomic mass is 9.75. The summed E-state index contributed by atoms with van der Waals surface area (Å²) in [6, 6.07) is 0.161. The van der Waals surface area contributed by atoms with Crippen LogP contribution in [0.2, 0.25) is 0 Å². The van der Waals surface area contributed by atoms with E-state index in [1.807, 2.05) is 0 Å². The molecular formula is C13H18N2O3S. The van der Waals surface area contributed by atoms with Gasteiger partial charge in [0, 0.05) is 11.4 Å². The third-order valence-corrected chi connectivity index (χ3v) is 4.30. The largest absolute Gasteiger partial charge is 0.476 e. The first-order valence-electron chi connectivity index (χ1n) is 6.37. The Labute approximate surface area is 116 Å². The molecule has 0 saturated heterocycles. The molecule has 2 rings (SSSR count). The van der Waals surface area contributed by atoms with Crippen LogP contribution in [0.4, 0.5) is 0 Å². The molecule has 1 unspecified atom stereocenters. The SMILES string of the molecule is CC1(C)CCCC(NC(=O)c2nc(C(=O)O)cs2)C1. The van der Waals surface area contributed by atoms with Gasteiger partial charge in [0.1, 0.15) is 0 Å². The minimum Gasteiger partial charge on any atom is -0.476 e. The average Bonchev–Trinajstić information content (AvgIpc) is 2.76. The van der Waals surface area contributed by atoms with Gasteiger partial charge in [-0.05, 0) is 24.7 Å². The molecule has 0 aromatic carbocycles. The van der Waals surface area contributed by atoms with E-state index < -0.39 is 5.97 Å². The summed E-state index contributed by atoms with van der Waals surface area (Å²) in [7, 11) is 0. The molecule has 0 radical (unpaired) electrons. The van der Waals surface area contributed by atoms with Crippen LogP contribution >= 0.6 is 11.3 Å². The van der Waals surface area contributed by atoms with Crippen LogP contribution in [0.3, 0.4) is 0 Å². The molecule has 1 atom stereocenters. The Morgan fingerprint density at radius 2 is 2.26 bits per heavy atom. The molecule has 6 heteroatoms. The Kier molecular flexibility index (Phi) is 3.89. The van der Waals surface area contributed by atoms with Gasteiger partial charge in [-0.1, -0.05) is 20.3 Å². The normalized spacial score (nSPS) is 21.9. The topological polar surface area (TPSA) is 79.3 Å². The first-order chi connectivity index (χ1) is 8.87. The first kappa shape index (κ1) is 14.0. The molecular weight excluding hydrogens is 264 g/mol. The number of nitrogens with one attached hydrogen (secondary N) is 1. The van der Waals surface area contributed by atoms with Crippen LogP contribution in [0, 0.1) is 5.41 Å². The molecule has 0 spiro atoms. The van der Waals surface area contributed by atoms with Gasteiger partial charge in [-0.3, -0.25) is 4.79 Å². The van der Waals surface area contributed by atoms with E-state index in [0.29, 0.717) is 0 Å². The Morgan fingerprint density at radius 1 is 1.53 bits per heavy atom. The van der Waals surface area contributed by atoms with Gasteiger partial charge >= 0.3 is 5.97 Å². The summed E-state index contributed by atoms with van der Waals surface area (Å²) in [5, 5.41) is 13.4. The molecule has 0 aliphatic heterocycles. The smallest absolute Gasteiger partial charge is 0.355 e. The fourth-order valence-corrected chi connectivity index (χ4v) is 3.24. The molecule has 104 valence electrons. The zero-order chi connectivity index (χ0) is 14.0. The van der Waals surface area contributed by atoms with Crippen LogP contribution in [0.1, 0.15) is 59.8 Å². The van der Waals surface area contributed by atoms with Gasteiger partial charge in [0.05, 0.1) is 0 Å². The van der Waals surface area contributed by atoms with E-state index in [9.17, 15) is 9.59 Å². The highest BCUT2D eigenvalue weighted by Crippen LogP contribution is 2.35. The molecule has 1 saturated carbocycles. The Hall–Kier alpha value is -1.43. The van der Waals surface area contributed by atoms with E-state index in [2.05, 4.69) is 24.1 Å². The number of carboxylic acids is 1. The third-order valence-electron chi connectivity index (χ3n) is 3.46. The van der Waals surface area contributed by atoms with Crippen molar-refractivity contribution in [2.45, 2.75) is 45.6 Å². The standard InChI is InChI=1S/C13H18N2O3S/c1-13(2)5-3-4-8(6-13)14-10(16)11-15-9(7-19-11)12(17)18/h7-8H,3-6H2,1-2H3,(H,14,16)(H,17,18). The highest BCUT2D eigenvalue weighted by Gasteiger charge is 2.29. The fraction of sp³-hybridized carbons (Fsp3) is 0.615. The summed E-state index contributed by atoms with van der Waals surface area (Å²) in [5.41, 5.74) is 0.185. The van der Waals surface area contributed by atoms with Gasteiger partial charge in [-0.15, -0.1) is 11.3 Å². The minimum absolute atomic E-state index is 0.0703. The number of hydrogen-bond acceptors (Lipinski definition) is 4. The lowest BCUT2D eigenvalue weighted by molar-refractivity contribution is 0.0691. The van der Waals surface area contributed by atoms with Crippen molar-refractivity contribution >= 4 is 23.2 Å². The zero-order valence-corrected chi connectivity index (χ0v) is 11.9. The Bertz CT molecular complexity index is 496. The average molecular weight is 282 g/mol. The molecule has 1 amide bonds. The second kappa shape index (κ2) is 5.28. The molecule has 1 aromatic heterocycles. The number of aromatic carboxylic acids is 1. The van der Waals surface area contributed by atoms with Crippen molar-refractivity contribution in [1.82, 2.24) is 10.3 Å². The molecule has 1 aliphatic carbocycles. The van der Waals surface area contributed by atoms with Crippen molar-refractivity contribution < 1.29 is 14.7 Å². The van der Waals surface area contributed by atoms with E-state index in [-0.39, 0.29) is 28.1 Å². The summed E-state index contributed by atoms with van der Waals surface area (Å²) in [6.07, 6.45) is 4.22. The van der Waals surface area contributed by atoms with Crippen LogP contribution in [0.15, 0.2) is 5.38 Å². The van der Waals surface area contributed by atoms with Crippen molar-refractivity contribution in [3.63, 3.8) is 0 Å². The lowest BCUT2D eigenvalue weighted by Gasteiger charge is -2.35. The molecule has 1 heterocycles. The molecule has 1 aliphatic rings. The van der Waals surface area contributed by atoms with E-state index >= 15 is 0 Å². The molecule has 1 fully saturated rings. The van der Waals surface area contributed by atoms with Gasteiger partial charge in [-0.25, -0.2) is 9.78 Å². The summed E-state index contributed by atoms with van der Waals surface area (Å²) >= 11 is 1.07. The van der Waals surface area contributed by atoms with Crippen LogP contribution in [0.5, 0.6) is 0 Å². The van der Waals surface area contributed by atoms with Crippen LogP contribution in [-0.2, 0) is 0 Å². The minimum atomic E-state index is -1.10. The molecule has 5 nitrogen and oxygen atoms in total. The van der Waals surface area contributed by atoms with Gasteiger partial charge in [-0.2, -0.15) is 0 Å². The van der Waals surface area contributed by atoms with Crippen LogP contribution < -0.4 is 5.32 Å². The van der Waals surface area contributed by atoms with E-state index in [4.69, 9.17) is 5.11 Å². The number of carbonyl (C=O) groups excluding carboxylic acids is 1. The van der Waals surface area contributed by atoms with Crippen molar-refractivity contribution in [2.24, 2.45) is 5.41 Å². The highest BCUT2D eigenvalue weighted by molar-refractivity contribution is 7.11. The Balaban J connectivity index is 1.98. The maximum Gasteiger partial charge on any atom is 0.355 e. The van der Waals surface area contributed by atoms with Crippen molar-refractivity contribution in [2.75, 3.05) is 0 Å². The van der Waals surface area contributed by atoms with Gasteiger partial charge < -0.3 is 10.4 Å². The van der Waals surface area contributed by atoms with Crippen molar-refractivity contribution in [3.05, 3.63) is 16.1 Å². The molecule has 2 N–H and O–H groups in total. The molecule has 19 heavy (non-hydrogen) atoms. The maximum absolute atomic E-state index is 12.0. The third kappa shape index (κ3) is 3.53. The second-order valence-electron chi connectivity index (χ2n) is 5.77. The number of amides is 1. The summed E-state index contributed by atoms with van der Waals surface area (Å²) in [6.45, 7) is 4.41. The van der Waals surface area contributed by atoms with Crippen molar-refractivity contribution in [1.29, 1.82) is 0 Å². The van der Waals surface area contributed by atoms with Crippen LogP contribution in [0.25, 0.3) is 0 Å². The monoisotopic (exact) mass is 282 g/mol.